The van der Waals surface area contributed by atoms with Crippen LogP contribution in [0.2, 0.25) is 0 Å². The van der Waals surface area contributed by atoms with Gasteiger partial charge in [-0.05, 0) is 67.9 Å². The zero-order valence-corrected chi connectivity index (χ0v) is 19.8. The Balaban J connectivity index is 1.63. The molecule has 0 aliphatic carbocycles. The fraction of sp³-hybridized carbons (Fsp3) is 0.192. The largest absolute Gasteiger partial charge is 0.507 e. The highest BCUT2D eigenvalue weighted by molar-refractivity contribution is 7.22. The van der Waals surface area contributed by atoms with Crippen molar-refractivity contribution in [3.05, 3.63) is 83.1 Å². The zero-order chi connectivity index (χ0) is 24.7. The highest BCUT2D eigenvalue weighted by Crippen LogP contribution is 2.44. The van der Waals surface area contributed by atoms with Crippen LogP contribution in [0.15, 0.2) is 64.6 Å². The second-order valence-corrected chi connectivity index (χ2v) is 9.11. The molecule has 0 spiro atoms. The van der Waals surface area contributed by atoms with E-state index < -0.39 is 23.5 Å². The number of carbonyl (C=O) groups is 2. The number of carbonyl (C=O) groups excluding carboxylic acids is 2. The number of ether oxygens (including phenoxy) is 1. The van der Waals surface area contributed by atoms with E-state index in [1.807, 2.05) is 6.92 Å². The van der Waals surface area contributed by atoms with Crippen molar-refractivity contribution in [1.82, 2.24) is 4.98 Å². The van der Waals surface area contributed by atoms with Crippen LogP contribution < -0.4 is 9.64 Å². The number of aliphatic hydroxyl groups is 1. The number of hydrogen-bond donors (Lipinski definition) is 1. The van der Waals surface area contributed by atoms with Crippen LogP contribution in [-0.2, 0) is 9.59 Å². The molecule has 1 saturated heterocycles. The first-order chi connectivity index (χ1) is 16.9. The number of halogens is 1. The number of hydrogen-bond acceptors (Lipinski definition) is 7. The van der Waals surface area contributed by atoms with Crippen LogP contribution in [-0.4, -0.2) is 28.4 Å². The van der Waals surface area contributed by atoms with Crippen LogP contribution in [0.3, 0.4) is 0 Å². The molecule has 2 aromatic carbocycles. The minimum Gasteiger partial charge on any atom is -0.507 e. The maximum absolute atomic E-state index is 13.7. The summed E-state index contributed by atoms with van der Waals surface area (Å²) >= 11 is 1.08. The first-order valence-electron chi connectivity index (χ1n) is 11.0. The third-order valence-corrected chi connectivity index (χ3v) is 6.64. The lowest BCUT2D eigenvalue weighted by Gasteiger charge is -2.20. The molecule has 1 unspecified atom stereocenters. The Morgan fingerprint density at radius 2 is 1.94 bits per heavy atom. The van der Waals surface area contributed by atoms with Crippen molar-refractivity contribution >= 4 is 44.1 Å². The SMILES string of the molecule is CCCOc1ccc(C(O)=C2C(=O)C(=O)N(c3nc4ccc(F)cc4s3)C2c2ccc(C)o2)cc1. The van der Waals surface area contributed by atoms with Crippen LogP contribution in [0.4, 0.5) is 9.52 Å². The van der Waals surface area contributed by atoms with E-state index in [0.717, 1.165) is 17.8 Å². The molecular weight excluding hydrogens is 471 g/mol. The summed E-state index contributed by atoms with van der Waals surface area (Å²) < 4.78 is 25.6. The highest BCUT2D eigenvalue weighted by atomic mass is 32.1. The quantitative estimate of drug-likeness (QED) is 0.209. The van der Waals surface area contributed by atoms with Crippen LogP contribution >= 0.6 is 11.3 Å². The number of rotatable bonds is 6. The average molecular weight is 493 g/mol. The average Bonchev–Trinajstić information content (AvgIpc) is 3.53. The first kappa shape index (κ1) is 22.8. The van der Waals surface area contributed by atoms with Gasteiger partial charge < -0.3 is 14.3 Å². The molecular formula is C26H21FN2O5S. The molecule has 3 heterocycles. The number of ketones is 1. The van der Waals surface area contributed by atoms with E-state index in [4.69, 9.17) is 9.15 Å². The fourth-order valence-electron chi connectivity index (χ4n) is 3.97. The number of Topliss-reactive ketones (excluding diaryl/α,β-unsaturated/α-hetero) is 1. The van der Waals surface area contributed by atoms with Gasteiger partial charge in [0.05, 0.1) is 22.4 Å². The van der Waals surface area contributed by atoms with Crippen molar-refractivity contribution in [2.45, 2.75) is 26.3 Å². The summed E-state index contributed by atoms with van der Waals surface area (Å²) in [5, 5.41) is 11.4. The second-order valence-electron chi connectivity index (χ2n) is 8.10. The Morgan fingerprint density at radius 3 is 2.63 bits per heavy atom. The minimum atomic E-state index is -1.04. The Hall–Kier alpha value is -3.98. The standard InChI is InChI=1S/C26H21FN2O5S/c1-3-12-33-17-8-5-15(6-9-17)23(30)21-22(19-11-4-14(2)34-19)29(25(32)24(21)31)26-28-18-10-7-16(27)13-20(18)35-26/h4-11,13,22,30H,3,12H2,1-2H3. The van der Waals surface area contributed by atoms with Crippen molar-refractivity contribution in [2.75, 3.05) is 11.5 Å². The van der Waals surface area contributed by atoms with Gasteiger partial charge in [0.25, 0.3) is 5.78 Å². The number of furan rings is 1. The van der Waals surface area contributed by atoms with E-state index >= 15 is 0 Å². The van der Waals surface area contributed by atoms with Gasteiger partial charge in [0.15, 0.2) is 5.13 Å². The van der Waals surface area contributed by atoms with Gasteiger partial charge >= 0.3 is 5.91 Å². The van der Waals surface area contributed by atoms with E-state index in [9.17, 15) is 19.1 Å². The summed E-state index contributed by atoms with van der Waals surface area (Å²) in [5.74, 6) is -0.973. The molecule has 9 heteroatoms. The lowest BCUT2D eigenvalue weighted by atomic mass is 9.99. The van der Waals surface area contributed by atoms with Crippen molar-refractivity contribution in [1.29, 1.82) is 0 Å². The number of fused-ring (bicyclic) bond motifs is 1. The van der Waals surface area contributed by atoms with Gasteiger partial charge in [-0.15, -0.1) is 0 Å². The molecule has 1 aliphatic rings. The van der Waals surface area contributed by atoms with Gasteiger partial charge in [-0.2, -0.15) is 0 Å². The lowest BCUT2D eigenvalue weighted by Crippen LogP contribution is -2.29. The highest BCUT2D eigenvalue weighted by Gasteiger charge is 2.49. The Morgan fingerprint density at radius 1 is 1.17 bits per heavy atom. The van der Waals surface area contributed by atoms with E-state index in [-0.39, 0.29) is 16.5 Å². The van der Waals surface area contributed by atoms with Crippen LogP contribution in [0.1, 0.15) is 36.5 Å². The van der Waals surface area contributed by atoms with Crippen molar-refractivity contribution < 1.29 is 28.2 Å². The molecule has 7 nitrogen and oxygen atoms in total. The number of aromatic nitrogens is 1. The number of amides is 1. The third kappa shape index (κ3) is 4.08. The number of thiazole rings is 1. The summed E-state index contributed by atoms with van der Waals surface area (Å²) in [4.78, 5) is 32.1. The molecule has 0 radical (unpaired) electrons. The van der Waals surface area contributed by atoms with E-state index in [2.05, 4.69) is 4.98 Å². The molecule has 4 aromatic rings. The first-order valence-corrected chi connectivity index (χ1v) is 11.9. The molecule has 0 saturated carbocycles. The molecule has 1 N–H and O–H groups in total. The van der Waals surface area contributed by atoms with Gasteiger partial charge in [-0.25, -0.2) is 9.37 Å². The number of aliphatic hydroxyl groups excluding tert-OH is 1. The molecule has 0 bridgehead atoms. The van der Waals surface area contributed by atoms with Crippen molar-refractivity contribution in [2.24, 2.45) is 0 Å². The summed E-state index contributed by atoms with van der Waals surface area (Å²) in [6.45, 7) is 4.29. The Bertz CT molecular complexity index is 1470. The van der Waals surface area contributed by atoms with Gasteiger partial charge in [0.2, 0.25) is 0 Å². The van der Waals surface area contributed by atoms with Crippen LogP contribution in [0.5, 0.6) is 5.75 Å². The molecule has 2 aromatic heterocycles. The molecule has 1 fully saturated rings. The predicted octanol–water partition coefficient (Wildman–Crippen LogP) is 5.75. The fourth-order valence-corrected chi connectivity index (χ4v) is 4.99. The van der Waals surface area contributed by atoms with Gasteiger partial charge in [0, 0.05) is 5.56 Å². The van der Waals surface area contributed by atoms with Gasteiger partial charge in [-0.1, -0.05) is 18.3 Å². The summed E-state index contributed by atoms with van der Waals surface area (Å²) in [7, 11) is 0. The smallest absolute Gasteiger partial charge is 0.302 e. The molecule has 1 aliphatic heterocycles. The molecule has 1 atom stereocenters. The second kappa shape index (κ2) is 8.99. The Labute approximate surface area is 204 Å². The maximum Gasteiger partial charge on any atom is 0.302 e. The molecule has 35 heavy (non-hydrogen) atoms. The third-order valence-electron chi connectivity index (χ3n) is 5.62. The lowest BCUT2D eigenvalue weighted by molar-refractivity contribution is -0.132. The molecule has 1 amide bonds. The van der Waals surface area contributed by atoms with E-state index in [0.29, 0.717) is 39.7 Å². The van der Waals surface area contributed by atoms with Crippen LogP contribution in [0, 0.1) is 12.7 Å². The Kier molecular flexibility index (Phi) is 5.86. The van der Waals surface area contributed by atoms with E-state index in [1.165, 1.54) is 23.1 Å². The van der Waals surface area contributed by atoms with Crippen molar-refractivity contribution in [3.63, 3.8) is 0 Å². The number of aryl methyl sites for hydroxylation is 1. The predicted molar refractivity (Wildman–Crippen MR) is 130 cm³/mol. The molecule has 178 valence electrons. The molecule has 5 rings (SSSR count). The van der Waals surface area contributed by atoms with Gasteiger partial charge in [-0.3, -0.25) is 14.5 Å². The maximum atomic E-state index is 13.7. The van der Waals surface area contributed by atoms with Gasteiger partial charge in [0.1, 0.15) is 34.9 Å². The number of benzene rings is 2. The summed E-state index contributed by atoms with van der Waals surface area (Å²) in [6.07, 6.45) is 0.853. The topological polar surface area (TPSA) is 92.9 Å². The van der Waals surface area contributed by atoms with E-state index in [1.54, 1.807) is 43.3 Å². The van der Waals surface area contributed by atoms with Crippen molar-refractivity contribution in [3.8, 4) is 5.75 Å². The summed E-state index contributed by atoms with van der Waals surface area (Å²) in [6, 6.07) is 13.1. The number of nitrogens with zero attached hydrogens (tertiary/aromatic N) is 2. The summed E-state index contributed by atoms with van der Waals surface area (Å²) in [5.41, 5.74) is 0.730. The van der Waals surface area contributed by atoms with Crippen LogP contribution in [0.25, 0.3) is 16.0 Å². The number of anilines is 1. The minimum absolute atomic E-state index is 0.114. The zero-order valence-electron chi connectivity index (χ0n) is 18.9. The monoisotopic (exact) mass is 492 g/mol. The normalized spacial score (nSPS) is 17.5.